The molecule has 0 nitrogen and oxygen atoms in total. The zero-order chi connectivity index (χ0) is 11.7. The summed E-state index contributed by atoms with van der Waals surface area (Å²) in [6.07, 6.45) is 0. The minimum Gasteiger partial charge on any atom is -0.127 e. The molecule has 0 N–H and O–H groups in total. The van der Waals surface area contributed by atoms with Gasteiger partial charge in [0.1, 0.15) is 0 Å². The molecule has 6 heteroatoms. The Morgan fingerprint density at radius 3 is 1.50 bits per heavy atom. The first-order chi connectivity index (χ1) is 7.65. The van der Waals surface area contributed by atoms with Crippen molar-refractivity contribution in [3.05, 3.63) is 30.8 Å². The third-order valence-electron chi connectivity index (χ3n) is 2.05. The summed E-state index contributed by atoms with van der Waals surface area (Å²) in [4.78, 5) is 2.71. The second-order valence-electron chi connectivity index (χ2n) is 3.08. The van der Waals surface area contributed by atoms with Crippen LogP contribution in [0.3, 0.4) is 0 Å². The van der Waals surface area contributed by atoms with Gasteiger partial charge in [0.05, 0.1) is 7.57 Å². The average Bonchev–Trinajstić information content (AvgIpc) is 2.80. The fourth-order valence-corrected chi connectivity index (χ4v) is 6.17. The molecule has 2 heterocycles. The highest BCUT2D eigenvalue weighted by atomic mass is 79.9. The van der Waals surface area contributed by atoms with Crippen molar-refractivity contribution < 1.29 is 0 Å². The average molecular weight is 510 g/mol. The van der Waals surface area contributed by atoms with Crippen LogP contribution in [0.25, 0.3) is 9.75 Å². The molecule has 0 unspecified atom stereocenters. The summed E-state index contributed by atoms with van der Waals surface area (Å²) in [7, 11) is 0. The quantitative estimate of drug-likeness (QED) is 0.400. The lowest BCUT2D eigenvalue weighted by Crippen LogP contribution is -1.79. The van der Waals surface area contributed by atoms with Crippen LogP contribution in [-0.2, 0) is 10.7 Å². The molecule has 2 aromatic heterocycles. The lowest BCUT2D eigenvalue weighted by Gasteiger charge is -2.00. The molecule has 0 aromatic carbocycles. The second-order valence-corrected chi connectivity index (χ2v) is 9.06. The standard InChI is InChI=1S/C10H6Br4S2/c11-3-5-1-7(13)15-9(5)10-6(4-12)2-8(14)16-10/h1-2H,3-4H2. The van der Waals surface area contributed by atoms with Crippen molar-refractivity contribution in [1.82, 2.24) is 0 Å². The number of hydrogen-bond acceptors (Lipinski definition) is 2. The fraction of sp³-hybridized carbons (Fsp3) is 0.200. The molecular formula is C10H6Br4S2. The molecule has 86 valence electrons. The Hall–Kier alpha value is 1.32. The van der Waals surface area contributed by atoms with E-state index in [4.69, 9.17) is 0 Å². The van der Waals surface area contributed by atoms with Crippen LogP contribution in [0, 0.1) is 0 Å². The maximum Gasteiger partial charge on any atom is 0.0708 e. The summed E-state index contributed by atoms with van der Waals surface area (Å²) in [5, 5.41) is 1.78. The molecule has 0 bridgehead atoms. The molecule has 0 aliphatic rings. The second kappa shape index (κ2) is 5.97. The first-order valence-corrected chi connectivity index (χ1v) is 9.80. The molecule has 0 amide bonds. The van der Waals surface area contributed by atoms with Crippen LogP contribution < -0.4 is 0 Å². The van der Waals surface area contributed by atoms with Crippen LogP contribution in [0.5, 0.6) is 0 Å². The van der Waals surface area contributed by atoms with Gasteiger partial charge in [0, 0.05) is 20.4 Å². The van der Waals surface area contributed by atoms with Gasteiger partial charge >= 0.3 is 0 Å². The zero-order valence-corrected chi connectivity index (χ0v) is 15.9. The van der Waals surface area contributed by atoms with Gasteiger partial charge in [-0.1, -0.05) is 31.9 Å². The Labute approximate surface area is 136 Å². The number of halogens is 4. The van der Waals surface area contributed by atoms with Crippen molar-refractivity contribution in [3.8, 4) is 9.75 Å². The van der Waals surface area contributed by atoms with Gasteiger partial charge in [-0.05, 0) is 55.1 Å². The minimum absolute atomic E-state index is 0.891. The molecule has 16 heavy (non-hydrogen) atoms. The lowest BCUT2D eigenvalue weighted by atomic mass is 10.2. The predicted octanol–water partition coefficient (Wildman–Crippen LogP) is 6.79. The van der Waals surface area contributed by atoms with Crippen LogP contribution >= 0.6 is 86.4 Å². The van der Waals surface area contributed by atoms with E-state index in [9.17, 15) is 0 Å². The number of hydrogen-bond donors (Lipinski definition) is 0. The van der Waals surface area contributed by atoms with Gasteiger partial charge in [-0.2, -0.15) is 0 Å². The van der Waals surface area contributed by atoms with Crippen LogP contribution in [0.2, 0.25) is 0 Å². The van der Waals surface area contributed by atoms with Crippen LogP contribution in [0.1, 0.15) is 11.1 Å². The lowest BCUT2D eigenvalue weighted by molar-refractivity contribution is 1.46. The summed E-state index contributed by atoms with van der Waals surface area (Å²) >= 11 is 17.8. The van der Waals surface area contributed by atoms with Gasteiger partial charge in [0.15, 0.2) is 0 Å². The van der Waals surface area contributed by atoms with Crippen LogP contribution in [-0.4, -0.2) is 0 Å². The van der Waals surface area contributed by atoms with Crippen molar-refractivity contribution in [3.63, 3.8) is 0 Å². The fourth-order valence-electron chi connectivity index (χ4n) is 1.37. The van der Waals surface area contributed by atoms with Gasteiger partial charge in [0.2, 0.25) is 0 Å². The van der Waals surface area contributed by atoms with Crippen molar-refractivity contribution >= 4 is 86.4 Å². The molecule has 0 spiro atoms. The summed E-state index contributed by atoms with van der Waals surface area (Å²) < 4.78 is 2.36. The molecule has 0 aliphatic carbocycles. The van der Waals surface area contributed by atoms with E-state index in [1.54, 1.807) is 22.7 Å². The molecule has 0 fully saturated rings. The Kier molecular flexibility index (Phi) is 5.13. The summed E-state index contributed by atoms with van der Waals surface area (Å²) in [5.41, 5.74) is 2.68. The molecule has 2 aromatic rings. The Balaban J connectivity index is 2.56. The van der Waals surface area contributed by atoms with E-state index < -0.39 is 0 Å². The smallest absolute Gasteiger partial charge is 0.0708 e. The van der Waals surface area contributed by atoms with E-state index in [0.29, 0.717) is 0 Å². The maximum absolute atomic E-state index is 3.55. The molecule has 2 rings (SSSR count). The van der Waals surface area contributed by atoms with Crippen molar-refractivity contribution in [2.24, 2.45) is 0 Å². The topological polar surface area (TPSA) is 0 Å². The third-order valence-corrected chi connectivity index (χ3v) is 6.79. The number of alkyl halides is 2. The maximum atomic E-state index is 3.55. The Bertz CT molecular complexity index is 455. The van der Waals surface area contributed by atoms with E-state index in [1.165, 1.54) is 28.5 Å². The van der Waals surface area contributed by atoms with Gasteiger partial charge in [-0.15, -0.1) is 22.7 Å². The summed E-state index contributed by atoms with van der Waals surface area (Å²) in [6.45, 7) is 0. The van der Waals surface area contributed by atoms with Crippen molar-refractivity contribution in [1.29, 1.82) is 0 Å². The normalized spacial score (nSPS) is 11.0. The van der Waals surface area contributed by atoms with Crippen molar-refractivity contribution in [2.45, 2.75) is 10.7 Å². The highest BCUT2D eigenvalue weighted by Crippen LogP contribution is 2.44. The van der Waals surface area contributed by atoms with Gasteiger partial charge in [-0.3, -0.25) is 0 Å². The van der Waals surface area contributed by atoms with Gasteiger partial charge in [-0.25, -0.2) is 0 Å². The van der Waals surface area contributed by atoms with E-state index in [1.807, 2.05) is 0 Å². The number of rotatable bonds is 3. The molecule has 0 atom stereocenters. The van der Waals surface area contributed by atoms with Crippen LogP contribution in [0.4, 0.5) is 0 Å². The highest BCUT2D eigenvalue weighted by molar-refractivity contribution is 9.11. The minimum atomic E-state index is 0.891. The third kappa shape index (κ3) is 2.83. The van der Waals surface area contributed by atoms with Gasteiger partial charge in [0.25, 0.3) is 0 Å². The number of thiophene rings is 2. The largest absolute Gasteiger partial charge is 0.127 e. The molecule has 0 radical (unpaired) electrons. The van der Waals surface area contributed by atoms with E-state index in [2.05, 4.69) is 75.9 Å². The van der Waals surface area contributed by atoms with E-state index in [-0.39, 0.29) is 0 Å². The monoisotopic (exact) mass is 506 g/mol. The first kappa shape index (κ1) is 13.7. The van der Waals surface area contributed by atoms with E-state index in [0.717, 1.165) is 10.7 Å². The molecule has 0 saturated carbocycles. The Morgan fingerprint density at radius 1 is 0.812 bits per heavy atom. The predicted molar refractivity (Wildman–Crippen MR) is 88.3 cm³/mol. The first-order valence-electron chi connectivity index (χ1n) is 4.34. The SMILES string of the molecule is BrCc1cc(Br)sc1-c1sc(Br)cc1CBr. The zero-order valence-electron chi connectivity index (χ0n) is 7.90. The molecule has 0 aliphatic heterocycles. The Morgan fingerprint density at radius 2 is 1.19 bits per heavy atom. The molecular weight excluding hydrogens is 504 g/mol. The van der Waals surface area contributed by atoms with Gasteiger partial charge < -0.3 is 0 Å². The molecule has 0 saturated heterocycles. The van der Waals surface area contributed by atoms with Crippen LogP contribution in [0.15, 0.2) is 19.7 Å². The van der Waals surface area contributed by atoms with Crippen molar-refractivity contribution in [2.75, 3.05) is 0 Å². The highest BCUT2D eigenvalue weighted by Gasteiger charge is 2.15. The van der Waals surface area contributed by atoms with E-state index >= 15 is 0 Å². The summed E-state index contributed by atoms with van der Waals surface area (Å²) in [5.74, 6) is 0. The summed E-state index contributed by atoms with van der Waals surface area (Å²) in [6, 6.07) is 4.36.